The standard InChI is InChI=1S/C11H11BrO5/c1-2-15-11(14)9(13)6-3-7(12)10-8(4-6)16-5-17-10/h3-4,9,13H,2,5H2,1H3/t9-/m0/s1. The summed E-state index contributed by atoms with van der Waals surface area (Å²) in [6, 6.07) is 3.17. The van der Waals surface area contributed by atoms with Crippen molar-refractivity contribution in [2.75, 3.05) is 13.4 Å². The Morgan fingerprint density at radius 1 is 1.59 bits per heavy atom. The van der Waals surface area contributed by atoms with E-state index >= 15 is 0 Å². The van der Waals surface area contributed by atoms with Crippen molar-refractivity contribution in [1.29, 1.82) is 0 Å². The summed E-state index contributed by atoms with van der Waals surface area (Å²) >= 11 is 3.29. The third kappa shape index (κ3) is 2.37. The molecule has 1 aliphatic rings. The van der Waals surface area contributed by atoms with Gasteiger partial charge in [0.1, 0.15) is 0 Å². The quantitative estimate of drug-likeness (QED) is 0.862. The zero-order valence-corrected chi connectivity index (χ0v) is 10.7. The van der Waals surface area contributed by atoms with Crippen LogP contribution in [0.25, 0.3) is 0 Å². The van der Waals surface area contributed by atoms with Crippen molar-refractivity contribution < 1.29 is 24.1 Å². The second kappa shape index (κ2) is 4.93. The topological polar surface area (TPSA) is 65.0 Å². The van der Waals surface area contributed by atoms with Crippen molar-refractivity contribution in [2.24, 2.45) is 0 Å². The number of carbonyl (C=O) groups is 1. The second-order valence-electron chi connectivity index (χ2n) is 3.39. The number of hydrogen-bond acceptors (Lipinski definition) is 5. The predicted molar refractivity (Wildman–Crippen MR) is 61.9 cm³/mol. The van der Waals surface area contributed by atoms with E-state index in [-0.39, 0.29) is 13.4 Å². The molecule has 1 aromatic rings. The van der Waals surface area contributed by atoms with Crippen molar-refractivity contribution >= 4 is 21.9 Å². The van der Waals surface area contributed by atoms with Gasteiger partial charge in [0.25, 0.3) is 0 Å². The van der Waals surface area contributed by atoms with Crippen molar-refractivity contribution in [3.63, 3.8) is 0 Å². The molecule has 0 spiro atoms. The van der Waals surface area contributed by atoms with Crippen LogP contribution in [0.15, 0.2) is 16.6 Å². The van der Waals surface area contributed by atoms with E-state index in [1.54, 1.807) is 19.1 Å². The molecule has 1 atom stereocenters. The maximum absolute atomic E-state index is 11.4. The number of ether oxygens (including phenoxy) is 3. The molecule has 0 bridgehead atoms. The summed E-state index contributed by atoms with van der Waals surface area (Å²) in [6.07, 6.45) is -1.32. The van der Waals surface area contributed by atoms with Gasteiger partial charge < -0.3 is 19.3 Å². The molecule has 2 rings (SSSR count). The molecule has 0 saturated carbocycles. The molecule has 1 N–H and O–H groups in total. The summed E-state index contributed by atoms with van der Waals surface area (Å²) in [5.74, 6) is 0.390. The van der Waals surface area contributed by atoms with Gasteiger partial charge in [0, 0.05) is 0 Å². The van der Waals surface area contributed by atoms with Crippen LogP contribution in [-0.2, 0) is 9.53 Å². The minimum atomic E-state index is -1.32. The van der Waals surface area contributed by atoms with Crippen molar-refractivity contribution in [2.45, 2.75) is 13.0 Å². The normalized spacial score (nSPS) is 14.5. The fourth-order valence-corrected chi connectivity index (χ4v) is 2.08. The first kappa shape index (κ1) is 12.2. The maximum Gasteiger partial charge on any atom is 0.339 e. The lowest BCUT2D eigenvalue weighted by Gasteiger charge is -2.11. The van der Waals surface area contributed by atoms with Gasteiger partial charge in [0.2, 0.25) is 6.79 Å². The third-order valence-corrected chi connectivity index (χ3v) is 2.86. The van der Waals surface area contributed by atoms with Crippen LogP contribution in [-0.4, -0.2) is 24.5 Å². The molecule has 0 radical (unpaired) electrons. The van der Waals surface area contributed by atoms with E-state index in [0.717, 1.165) is 0 Å². The molecule has 92 valence electrons. The molecular formula is C11H11BrO5. The van der Waals surface area contributed by atoms with Crippen LogP contribution in [0.3, 0.4) is 0 Å². The summed E-state index contributed by atoms with van der Waals surface area (Å²) in [5, 5.41) is 9.78. The van der Waals surface area contributed by atoms with E-state index < -0.39 is 12.1 Å². The predicted octanol–water partition coefficient (Wildman–Crippen LogP) is 1.77. The summed E-state index contributed by atoms with van der Waals surface area (Å²) in [7, 11) is 0. The minimum absolute atomic E-state index is 0.132. The van der Waals surface area contributed by atoms with Crippen molar-refractivity contribution in [1.82, 2.24) is 0 Å². The number of rotatable bonds is 3. The molecule has 0 unspecified atom stereocenters. The number of aliphatic hydroxyl groups is 1. The van der Waals surface area contributed by atoms with Gasteiger partial charge in [-0.05, 0) is 40.5 Å². The number of carbonyl (C=O) groups excluding carboxylic acids is 1. The largest absolute Gasteiger partial charge is 0.464 e. The van der Waals surface area contributed by atoms with Crippen molar-refractivity contribution in [3.8, 4) is 11.5 Å². The van der Waals surface area contributed by atoms with Crippen LogP contribution in [0.2, 0.25) is 0 Å². The number of fused-ring (bicyclic) bond motifs is 1. The van der Waals surface area contributed by atoms with E-state index in [1.807, 2.05) is 0 Å². The Morgan fingerprint density at radius 3 is 3.06 bits per heavy atom. The minimum Gasteiger partial charge on any atom is -0.464 e. The van der Waals surface area contributed by atoms with Crippen LogP contribution in [0.5, 0.6) is 11.5 Å². The lowest BCUT2D eigenvalue weighted by atomic mass is 10.1. The van der Waals surface area contributed by atoms with Crippen LogP contribution in [0.4, 0.5) is 0 Å². The highest BCUT2D eigenvalue weighted by molar-refractivity contribution is 9.10. The first-order valence-corrected chi connectivity index (χ1v) is 5.86. The van der Waals surface area contributed by atoms with Crippen LogP contribution in [0.1, 0.15) is 18.6 Å². The Labute approximate surface area is 106 Å². The summed E-state index contributed by atoms with van der Waals surface area (Å²) in [5.41, 5.74) is 0.402. The number of benzene rings is 1. The zero-order valence-electron chi connectivity index (χ0n) is 9.10. The Kier molecular flexibility index (Phi) is 3.54. The molecule has 1 heterocycles. The Bertz CT molecular complexity index is 446. The van der Waals surface area contributed by atoms with Gasteiger partial charge in [-0.15, -0.1) is 0 Å². The van der Waals surface area contributed by atoms with Gasteiger partial charge >= 0.3 is 5.97 Å². The SMILES string of the molecule is CCOC(=O)[C@@H](O)c1cc(Br)c2c(c1)OCO2. The number of halogens is 1. The van der Waals surface area contributed by atoms with E-state index in [1.165, 1.54) is 0 Å². The van der Waals surface area contributed by atoms with Gasteiger partial charge in [-0.25, -0.2) is 4.79 Å². The van der Waals surface area contributed by atoms with Crippen LogP contribution in [0, 0.1) is 0 Å². The first-order valence-electron chi connectivity index (χ1n) is 5.07. The average molecular weight is 303 g/mol. The summed E-state index contributed by atoms with van der Waals surface area (Å²) < 4.78 is 15.8. The molecule has 0 fully saturated rings. The second-order valence-corrected chi connectivity index (χ2v) is 4.25. The maximum atomic E-state index is 11.4. The Morgan fingerprint density at radius 2 is 2.35 bits per heavy atom. The smallest absolute Gasteiger partial charge is 0.339 e. The number of esters is 1. The van der Waals surface area contributed by atoms with Gasteiger partial charge in [-0.3, -0.25) is 0 Å². The van der Waals surface area contributed by atoms with Gasteiger partial charge in [0.05, 0.1) is 11.1 Å². The fraction of sp³-hybridized carbons (Fsp3) is 0.364. The highest BCUT2D eigenvalue weighted by atomic mass is 79.9. The van der Waals surface area contributed by atoms with Crippen LogP contribution < -0.4 is 9.47 Å². The first-order chi connectivity index (χ1) is 8.13. The lowest BCUT2D eigenvalue weighted by molar-refractivity contribution is -0.153. The Hall–Kier alpha value is -1.27. The summed E-state index contributed by atoms with van der Waals surface area (Å²) in [4.78, 5) is 11.4. The van der Waals surface area contributed by atoms with E-state index in [2.05, 4.69) is 15.9 Å². The average Bonchev–Trinajstić information content (AvgIpc) is 2.77. The van der Waals surface area contributed by atoms with Gasteiger partial charge in [0.15, 0.2) is 17.6 Å². The molecule has 0 aliphatic carbocycles. The monoisotopic (exact) mass is 302 g/mol. The van der Waals surface area contributed by atoms with Gasteiger partial charge in [-0.2, -0.15) is 0 Å². The Balaban J connectivity index is 2.28. The molecule has 1 aliphatic heterocycles. The fourth-order valence-electron chi connectivity index (χ4n) is 1.50. The van der Waals surface area contributed by atoms with E-state index in [0.29, 0.717) is 21.5 Å². The molecule has 0 saturated heterocycles. The number of hydrogen-bond donors (Lipinski definition) is 1. The zero-order chi connectivity index (χ0) is 12.4. The molecule has 0 aromatic heterocycles. The van der Waals surface area contributed by atoms with E-state index in [9.17, 15) is 9.90 Å². The highest BCUT2D eigenvalue weighted by Crippen LogP contribution is 2.41. The van der Waals surface area contributed by atoms with Crippen molar-refractivity contribution in [3.05, 3.63) is 22.2 Å². The highest BCUT2D eigenvalue weighted by Gasteiger charge is 2.24. The third-order valence-electron chi connectivity index (χ3n) is 2.28. The molecule has 5 nitrogen and oxygen atoms in total. The molecule has 17 heavy (non-hydrogen) atoms. The molecule has 1 aromatic carbocycles. The summed E-state index contributed by atoms with van der Waals surface area (Å²) in [6.45, 7) is 2.04. The number of aliphatic hydroxyl groups excluding tert-OH is 1. The molecule has 6 heteroatoms. The lowest BCUT2D eigenvalue weighted by Crippen LogP contribution is -2.15. The van der Waals surface area contributed by atoms with E-state index in [4.69, 9.17) is 14.2 Å². The van der Waals surface area contributed by atoms with Crippen LogP contribution >= 0.6 is 15.9 Å². The van der Waals surface area contributed by atoms with Gasteiger partial charge in [-0.1, -0.05) is 0 Å². The molecule has 0 amide bonds. The molecular weight excluding hydrogens is 292 g/mol.